The van der Waals surface area contributed by atoms with E-state index in [1.165, 1.54) is 24.1 Å². The summed E-state index contributed by atoms with van der Waals surface area (Å²) in [6.07, 6.45) is 0. The van der Waals surface area contributed by atoms with Crippen LogP contribution in [0.1, 0.15) is 17.3 Å². The molecule has 0 N–H and O–H groups in total. The summed E-state index contributed by atoms with van der Waals surface area (Å²) in [4.78, 5) is 13.1. The largest absolute Gasteiger partial charge is 0.380 e. The predicted octanol–water partition coefficient (Wildman–Crippen LogP) is 2.07. The zero-order valence-corrected chi connectivity index (χ0v) is 9.87. The molecule has 0 radical (unpaired) electrons. The maximum atomic E-state index is 13.3. The Labute approximate surface area is 99.0 Å². The van der Waals surface area contributed by atoms with E-state index in [2.05, 4.69) is 0 Å². The van der Waals surface area contributed by atoms with Gasteiger partial charge in [0.15, 0.2) is 11.6 Å². The van der Waals surface area contributed by atoms with E-state index < -0.39 is 17.5 Å². The molecule has 0 atom stereocenters. The highest BCUT2D eigenvalue weighted by Gasteiger charge is 2.18. The van der Waals surface area contributed by atoms with Gasteiger partial charge in [-0.1, -0.05) is 6.07 Å². The summed E-state index contributed by atoms with van der Waals surface area (Å²) < 4.78 is 31.4. The van der Waals surface area contributed by atoms with Gasteiger partial charge in [-0.3, -0.25) is 4.79 Å². The molecule has 94 valence electrons. The lowest BCUT2D eigenvalue weighted by Gasteiger charge is -2.17. The topological polar surface area (TPSA) is 29.5 Å². The van der Waals surface area contributed by atoms with Crippen molar-refractivity contribution in [3.63, 3.8) is 0 Å². The summed E-state index contributed by atoms with van der Waals surface area (Å²) in [5.74, 6) is -2.68. The summed E-state index contributed by atoms with van der Waals surface area (Å²) in [7, 11) is 1.52. The van der Waals surface area contributed by atoms with Crippen LogP contribution >= 0.6 is 0 Å². The summed E-state index contributed by atoms with van der Waals surface area (Å²) >= 11 is 0. The summed E-state index contributed by atoms with van der Waals surface area (Å²) in [5, 5.41) is 0. The second-order valence-electron chi connectivity index (χ2n) is 3.53. The number of carbonyl (C=O) groups excluding carboxylic acids is 1. The van der Waals surface area contributed by atoms with E-state index in [4.69, 9.17) is 4.74 Å². The molecule has 0 bridgehead atoms. The number of ether oxygens (including phenoxy) is 1. The van der Waals surface area contributed by atoms with E-state index >= 15 is 0 Å². The first-order valence-corrected chi connectivity index (χ1v) is 5.35. The molecule has 1 amide bonds. The van der Waals surface area contributed by atoms with Gasteiger partial charge in [-0.15, -0.1) is 0 Å². The van der Waals surface area contributed by atoms with Crippen LogP contribution in [0.2, 0.25) is 0 Å². The summed E-state index contributed by atoms with van der Waals surface area (Å²) in [6, 6.07) is 3.55. The number of likely N-dealkylation sites (N-methyl/N-ethyl adjacent to an activating group) is 1. The van der Waals surface area contributed by atoms with Crippen molar-refractivity contribution in [2.75, 3.05) is 26.8 Å². The maximum absolute atomic E-state index is 13.3. The Kier molecular flexibility index (Phi) is 5.03. The van der Waals surface area contributed by atoms with Crippen molar-refractivity contribution in [1.29, 1.82) is 0 Å². The van der Waals surface area contributed by atoms with Crippen molar-refractivity contribution in [2.45, 2.75) is 6.92 Å². The molecular formula is C12H15F2NO2. The Hall–Kier alpha value is -1.49. The lowest BCUT2D eigenvalue weighted by atomic mass is 10.2. The molecule has 0 unspecified atom stereocenters. The van der Waals surface area contributed by atoms with Crippen LogP contribution in [0.25, 0.3) is 0 Å². The van der Waals surface area contributed by atoms with Gasteiger partial charge < -0.3 is 9.64 Å². The molecule has 5 heteroatoms. The van der Waals surface area contributed by atoms with Gasteiger partial charge in [-0.2, -0.15) is 0 Å². The van der Waals surface area contributed by atoms with E-state index in [9.17, 15) is 13.6 Å². The van der Waals surface area contributed by atoms with E-state index in [-0.39, 0.29) is 5.56 Å². The Morgan fingerprint density at radius 2 is 2.12 bits per heavy atom. The highest BCUT2D eigenvalue weighted by Crippen LogP contribution is 2.13. The molecular weight excluding hydrogens is 228 g/mol. The van der Waals surface area contributed by atoms with Gasteiger partial charge in [0.05, 0.1) is 12.2 Å². The quantitative estimate of drug-likeness (QED) is 0.741. The average molecular weight is 243 g/mol. The van der Waals surface area contributed by atoms with Gasteiger partial charge in [0.1, 0.15) is 0 Å². The van der Waals surface area contributed by atoms with Gasteiger partial charge in [-0.25, -0.2) is 8.78 Å². The van der Waals surface area contributed by atoms with Crippen LogP contribution in [0.15, 0.2) is 18.2 Å². The highest BCUT2D eigenvalue weighted by molar-refractivity contribution is 5.94. The second-order valence-corrected chi connectivity index (χ2v) is 3.53. The molecule has 1 aromatic carbocycles. The molecule has 0 aliphatic rings. The van der Waals surface area contributed by atoms with Crippen molar-refractivity contribution < 1.29 is 18.3 Å². The molecule has 0 aliphatic heterocycles. The molecule has 1 aromatic rings. The first-order valence-electron chi connectivity index (χ1n) is 5.35. The van der Waals surface area contributed by atoms with E-state index in [1.54, 1.807) is 0 Å². The van der Waals surface area contributed by atoms with Gasteiger partial charge >= 0.3 is 0 Å². The van der Waals surface area contributed by atoms with E-state index in [0.29, 0.717) is 19.8 Å². The Morgan fingerprint density at radius 3 is 2.76 bits per heavy atom. The van der Waals surface area contributed by atoms with Crippen LogP contribution < -0.4 is 0 Å². The minimum Gasteiger partial charge on any atom is -0.380 e. The van der Waals surface area contributed by atoms with Crippen LogP contribution in [0.5, 0.6) is 0 Å². The molecule has 0 aromatic heterocycles. The van der Waals surface area contributed by atoms with E-state index in [0.717, 1.165) is 6.07 Å². The number of nitrogens with zero attached hydrogens (tertiary/aromatic N) is 1. The third kappa shape index (κ3) is 3.49. The molecule has 0 saturated carbocycles. The second kappa shape index (κ2) is 6.30. The molecule has 1 rings (SSSR count). The number of rotatable bonds is 5. The lowest BCUT2D eigenvalue weighted by Crippen LogP contribution is -2.31. The van der Waals surface area contributed by atoms with Gasteiger partial charge in [-0.05, 0) is 19.1 Å². The van der Waals surface area contributed by atoms with Gasteiger partial charge in [0.25, 0.3) is 5.91 Å². The smallest absolute Gasteiger partial charge is 0.256 e. The molecule has 0 spiro atoms. The van der Waals surface area contributed by atoms with Crippen LogP contribution in [-0.2, 0) is 4.74 Å². The average Bonchev–Trinajstić information content (AvgIpc) is 2.32. The normalized spacial score (nSPS) is 10.4. The minimum absolute atomic E-state index is 0.260. The van der Waals surface area contributed by atoms with Crippen LogP contribution in [0.4, 0.5) is 8.78 Å². The molecule has 0 saturated heterocycles. The Morgan fingerprint density at radius 1 is 1.41 bits per heavy atom. The number of carbonyl (C=O) groups is 1. The van der Waals surface area contributed by atoms with Crippen LogP contribution in [0, 0.1) is 11.6 Å². The summed E-state index contributed by atoms with van der Waals surface area (Å²) in [6.45, 7) is 3.10. The number of halogens is 2. The maximum Gasteiger partial charge on any atom is 0.256 e. The summed E-state index contributed by atoms with van der Waals surface area (Å²) in [5.41, 5.74) is -0.260. The monoisotopic (exact) mass is 243 g/mol. The number of amides is 1. The highest BCUT2D eigenvalue weighted by atomic mass is 19.2. The van der Waals surface area contributed by atoms with Crippen molar-refractivity contribution >= 4 is 5.91 Å². The SMILES string of the molecule is CCOCCN(C)C(=O)c1cccc(F)c1F. The van der Waals surface area contributed by atoms with Crippen molar-refractivity contribution in [2.24, 2.45) is 0 Å². The molecule has 0 aliphatic carbocycles. The molecule has 17 heavy (non-hydrogen) atoms. The van der Waals surface area contributed by atoms with Gasteiger partial charge in [0.2, 0.25) is 0 Å². The van der Waals surface area contributed by atoms with E-state index in [1.807, 2.05) is 6.92 Å². The first kappa shape index (κ1) is 13.6. The zero-order valence-electron chi connectivity index (χ0n) is 9.87. The fourth-order valence-corrected chi connectivity index (χ4v) is 1.32. The number of hydrogen-bond donors (Lipinski definition) is 0. The zero-order chi connectivity index (χ0) is 12.8. The van der Waals surface area contributed by atoms with Crippen molar-refractivity contribution in [3.8, 4) is 0 Å². The van der Waals surface area contributed by atoms with Crippen molar-refractivity contribution in [3.05, 3.63) is 35.4 Å². The van der Waals surface area contributed by atoms with Crippen LogP contribution in [0.3, 0.4) is 0 Å². The first-order chi connectivity index (χ1) is 8.07. The third-order valence-electron chi connectivity index (χ3n) is 2.30. The number of hydrogen-bond acceptors (Lipinski definition) is 2. The molecule has 3 nitrogen and oxygen atoms in total. The molecule has 0 fully saturated rings. The Bertz CT molecular complexity index is 396. The van der Waals surface area contributed by atoms with Crippen LogP contribution in [-0.4, -0.2) is 37.6 Å². The predicted molar refractivity (Wildman–Crippen MR) is 59.8 cm³/mol. The van der Waals surface area contributed by atoms with Crippen molar-refractivity contribution in [1.82, 2.24) is 4.90 Å². The van der Waals surface area contributed by atoms with Gasteiger partial charge in [0, 0.05) is 20.2 Å². The fraction of sp³-hybridized carbons (Fsp3) is 0.417. The standard InChI is InChI=1S/C12H15F2NO2/c1-3-17-8-7-15(2)12(16)9-5-4-6-10(13)11(9)14/h4-6H,3,7-8H2,1-2H3. The third-order valence-corrected chi connectivity index (χ3v) is 2.30. The molecule has 0 heterocycles. The number of benzene rings is 1. The fourth-order valence-electron chi connectivity index (χ4n) is 1.32. The lowest BCUT2D eigenvalue weighted by molar-refractivity contribution is 0.0704. The minimum atomic E-state index is -1.11. The Balaban J connectivity index is 2.71.